The van der Waals surface area contributed by atoms with Crippen molar-refractivity contribution in [3.05, 3.63) is 35.9 Å². The first-order valence-electron chi connectivity index (χ1n) is 8.65. The molecule has 0 spiro atoms. The Hall–Kier alpha value is -2.47. The van der Waals surface area contributed by atoms with Crippen molar-refractivity contribution in [1.82, 2.24) is 5.32 Å². The Morgan fingerprint density at radius 1 is 1.17 bits per heavy atom. The molecule has 0 saturated carbocycles. The minimum absolute atomic E-state index is 0.0970. The first-order valence-corrected chi connectivity index (χ1v) is 9.64. The molecule has 0 fully saturated rings. The van der Waals surface area contributed by atoms with Gasteiger partial charge in [-0.25, -0.2) is 14.4 Å². The number of alkyl halides is 3. The van der Waals surface area contributed by atoms with Crippen LogP contribution in [0.25, 0.3) is 0 Å². The molecule has 1 rings (SSSR count). The lowest BCUT2D eigenvalue weighted by Crippen LogP contribution is -2.52. The summed E-state index contributed by atoms with van der Waals surface area (Å²) in [6, 6.07) is 8.16. The molecule has 1 amide bonds. The summed E-state index contributed by atoms with van der Waals surface area (Å²) in [6.07, 6.45) is -5.03. The van der Waals surface area contributed by atoms with Crippen molar-refractivity contribution in [2.24, 2.45) is 5.73 Å². The molecular formula is C18H25F3N2O6S. The minimum atomic E-state index is -5.08. The van der Waals surface area contributed by atoms with Crippen LogP contribution in [0.3, 0.4) is 0 Å². The van der Waals surface area contributed by atoms with Gasteiger partial charge in [-0.05, 0) is 38.1 Å². The molecule has 0 unspecified atom stereocenters. The fourth-order valence-corrected chi connectivity index (χ4v) is 3.08. The number of alkyl carbamates (subject to hydrolysis) is 1. The third-order valence-electron chi connectivity index (χ3n) is 3.48. The Labute approximate surface area is 176 Å². The molecule has 12 heteroatoms. The summed E-state index contributed by atoms with van der Waals surface area (Å²) >= 11 is 1.47. The number of rotatable bonds is 9. The number of carboxylic acid groups (broad SMARTS) is 2. The van der Waals surface area contributed by atoms with Crippen LogP contribution >= 0.6 is 11.8 Å². The van der Waals surface area contributed by atoms with Gasteiger partial charge >= 0.3 is 24.2 Å². The van der Waals surface area contributed by atoms with Gasteiger partial charge in [0.15, 0.2) is 0 Å². The highest BCUT2D eigenvalue weighted by atomic mass is 32.2. The quantitative estimate of drug-likeness (QED) is 0.418. The van der Waals surface area contributed by atoms with E-state index in [-0.39, 0.29) is 6.61 Å². The van der Waals surface area contributed by atoms with Crippen molar-refractivity contribution in [2.75, 3.05) is 12.3 Å². The average molecular weight is 454 g/mol. The van der Waals surface area contributed by atoms with E-state index in [1.54, 1.807) is 13.8 Å². The highest BCUT2D eigenvalue weighted by Crippen LogP contribution is 2.29. The lowest BCUT2D eigenvalue weighted by Gasteiger charge is -2.31. The number of carbonyl (C=O) groups excluding carboxylic acids is 1. The van der Waals surface area contributed by atoms with Gasteiger partial charge in [0.1, 0.15) is 12.6 Å². The summed E-state index contributed by atoms with van der Waals surface area (Å²) in [5.74, 6) is -3.12. The van der Waals surface area contributed by atoms with Crippen LogP contribution in [0.15, 0.2) is 30.3 Å². The Bertz CT molecular complexity index is 686. The SMILES string of the molecule is CC(C)(SCCCN)[C@@H](NC(=O)OCc1ccccc1)C(=O)O.O=C(O)C(F)(F)F. The van der Waals surface area contributed by atoms with Gasteiger partial charge < -0.3 is 26.0 Å². The molecule has 0 aliphatic heterocycles. The van der Waals surface area contributed by atoms with Crippen molar-refractivity contribution < 1.29 is 42.5 Å². The zero-order valence-corrected chi connectivity index (χ0v) is 17.3. The van der Waals surface area contributed by atoms with Crippen LogP contribution in [0.4, 0.5) is 18.0 Å². The van der Waals surface area contributed by atoms with Gasteiger partial charge in [0.2, 0.25) is 0 Å². The maximum Gasteiger partial charge on any atom is 0.490 e. The molecule has 0 bridgehead atoms. The van der Waals surface area contributed by atoms with Gasteiger partial charge in [-0.2, -0.15) is 24.9 Å². The second-order valence-corrected chi connectivity index (χ2v) is 8.12. The molecule has 0 saturated heterocycles. The van der Waals surface area contributed by atoms with Crippen molar-refractivity contribution in [2.45, 2.75) is 43.8 Å². The molecule has 1 atom stereocenters. The van der Waals surface area contributed by atoms with Crippen molar-refractivity contribution in [3.63, 3.8) is 0 Å². The van der Waals surface area contributed by atoms with E-state index in [1.165, 1.54) is 11.8 Å². The van der Waals surface area contributed by atoms with E-state index >= 15 is 0 Å². The summed E-state index contributed by atoms with van der Waals surface area (Å²) in [6.45, 7) is 4.21. The molecule has 0 heterocycles. The van der Waals surface area contributed by atoms with Crippen LogP contribution < -0.4 is 11.1 Å². The van der Waals surface area contributed by atoms with E-state index in [0.717, 1.165) is 17.7 Å². The summed E-state index contributed by atoms with van der Waals surface area (Å²) < 4.78 is 36.1. The number of nitrogens with one attached hydrogen (secondary N) is 1. The molecule has 1 aromatic carbocycles. The van der Waals surface area contributed by atoms with Gasteiger partial charge in [-0.3, -0.25) is 0 Å². The molecule has 0 aliphatic carbocycles. The third kappa shape index (κ3) is 11.5. The monoisotopic (exact) mass is 454 g/mol. The van der Waals surface area contributed by atoms with Gasteiger partial charge in [0.05, 0.1) is 0 Å². The highest BCUT2D eigenvalue weighted by molar-refractivity contribution is 8.00. The Morgan fingerprint density at radius 3 is 2.13 bits per heavy atom. The van der Waals surface area contributed by atoms with Crippen molar-refractivity contribution in [3.8, 4) is 0 Å². The first-order chi connectivity index (χ1) is 13.8. The number of aliphatic carboxylic acids is 2. The van der Waals surface area contributed by atoms with Gasteiger partial charge in [0.25, 0.3) is 0 Å². The second kappa shape index (κ2) is 13.0. The lowest BCUT2D eigenvalue weighted by atomic mass is 10.0. The van der Waals surface area contributed by atoms with Crippen molar-refractivity contribution >= 4 is 29.8 Å². The zero-order valence-electron chi connectivity index (χ0n) is 16.4. The molecule has 0 radical (unpaired) electrons. The normalized spacial score (nSPS) is 12.2. The van der Waals surface area contributed by atoms with Crippen LogP contribution in [0, 0.1) is 0 Å². The Balaban J connectivity index is 0.00000103. The molecular weight excluding hydrogens is 429 g/mol. The summed E-state index contributed by atoms with van der Waals surface area (Å²) in [7, 11) is 0. The number of carbonyl (C=O) groups is 3. The number of nitrogens with two attached hydrogens (primary N) is 1. The van der Waals surface area contributed by atoms with Crippen LogP contribution in [-0.4, -0.2) is 57.5 Å². The van der Waals surface area contributed by atoms with Gasteiger partial charge in [-0.15, -0.1) is 0 Å². The Morgan fingerprint density at radius 2 is 1.70 bits per heavy atom. The van der Waals surface area contributed by atoms with E-state index in [2.05, 4.69) is 5.32 Å². The third-order valence-corrected chi connectivity index (χ3v) is 4.95. The molecule has 1 aromatic rings. The Kier molecular flexibility index (Phi) is 11.9. The minimum Gasteiger partial charge on any atom is -0.480 e. The number of benzene rings is 1. The molecule has 170 valence electrons. The van der Waals surface area contributed by atoms with E-state index in [4.69, 9.17) is 20.4 Å². The van der Waals surface area contributed by atoms with E-state index in [1.807, 2.05) is 30.3 Å². The number of hydrogen-bond acceptors (Lipinski definition) is 6. The van der Waals surface area contributed by atoms with E-state index in [9.17, 15) is 27.9 Å². The van der Waals surface area contributed by atoms with E-state index < -0.39 is 35.0 Å². The van der Waals surface area contributed by atoms with E-state index in [0.29, 0.717) is 6.54 Å². The number of thioether (sulfide) groups is 1. The standard InChI is InChI=1S/C16H24N2O4S.C2HF3O2/c1-16(2,23-10-6-9-17)13(14(19)20)18-15(21)22-11-12-7-4-3-5-8-12;3-2(4,5)1(6)7/h3-5,7-8,13H,6,9-11,17H2,1-2H3,(H,18,21)(H,19,20);(H,6,7)/t13-;/m0./s1. The molecule has 8 nitrogen and oxygen atoms in total. The summed E-state index contributed by atoms with van der Waals surface area (Å²) in [5, 5.41) is 19.0. The molecule has 0 aliphatic rings. The first kappa shape index (κ1) is 27.5. The van der Waals surface area contributed by atoms with Crippen LogP contribution in [-0.2, 0) is 20.9 Å². The predicted molar refractivity (Wildman–Crippen MR) is 105 cm³/mol. The van der Waals surface area contributed by atoms with Crippen LogP contribution in [0.1, 0.15) is 25.8 Å². The number of halogens is 3. The fraction of sp³-hybridized carbons (Fsp3) is 0.500. The molecule has 5 N–H and O–H groups in total. The fourth-order valence-electron chi connectivity index (χ4n) is 1.92. The van der Waals surface area contributed by atoms with Crippen LogP contribution in [0.5, 0.6) is 0 Å². The number of carboxylic acids is 2. The smallest absolute Gasteiger partial charge is 0.480 e. The average Bonchev–Trinajstić information content (AvgIpc) is 2.64. The lowest BCUT2D eigenvalue weighted by molar-refractivity contribution is -0.192. The van der Waals surface area contributed by atoms with Gasteiger partial charge in [-0.1, -0.05) is 30.3 Å². The largest absolute Gasteiger partial charge is 0.490 e. The number of ether oxygens (including phenoxy) is 1. The highest BCUT2D eigenvalue weighted by Gasteiger charge is 2.38. The van der Waals surface area contributed by atoms with Crippen LogP contribution in [0.2, 0.25) is 0 Å². The van der Waals surface area contributed by atoms with Crippen molar-refractivity contribution in [1.29, 1.82) is 0 Å². The summed E-state index contributed by atoms with van der Waals surface area (Å²) in [4.78, 5) is 32.3. The molecule has 0 aromatic heterocycles. The number of amides is 1. The predicted octanol–water partition coefficient (Wildman–Crippen LogP) is 2.86. The maximum atomic E-state index is 11.9. The topological polar surface area (TPSA) is 139 Å². The maximum absolute atomic E-state index is 11.9. The van der Waals surface area contributed by atoms with Gasteiger partial charge in [0, 0.05) is 4.75 Å². The summed E-state index contributed by atoms with van der Waals surface area (Å²) in [5.41, 5.74) is 6.29. The second-order valence-electron chi connectivity index (χ2n) is 6.37. The molecule has 30 heavy (non-hydrogen) atoms. The number of hydrogen-bond donors (Lipinski definition) is 4. The zero-order chi connectivity index (χ0) is 23.4.